The van der Waals surface area contributed by atoms with Crippen molar-refractivity contribution < 1.29 is 14.3 Å². The molecule has 4 nitrogen and oxygen atoms in total. The van der Waals surface area contributed by atoms with Gasteiger partial charge in [-0.25, -0.2) is 0 Å². The summed E-state index contributed by atoms with van der Waals surface area (Å²) in [5, 5.41) is 3.18. The molecule has 3 unspecified atom stereocenters. The molecule has 0 bridgehead atoms. The van der Waals surface area contributed by atoms with Gasteiger partial charge in [-0.05, 0) is 25.7 Å². The maximum absolute atomic E-state index is 11.2. The maximum Gasteiger partial charge on any atom is 0.322 e. The molecular formula is C11H21NO3. The maximum atomic E-state index is 11.2. The fraction of sp³-hybridized carbons (Fsp3) is 0.909. The molecule has 0 aromatic heterocycles. The molecule has 0 spiro atoms. The summed E-state index contributed by atoms with van der Waals surface area (Å²) in [5.74, 6) is 0.323. The second-order valence-corrected chi connectivity index (χ2v) is 4.02. The molecule has 1 N–H and O–H groups in total. The van der Waals surface area contributed by atoms with E-state index in [9.17, 15) is 4.79 Å². The van der Waals surface area contributed by atoms with Gasteiger partial charge in [0.25, 0.3) is 0 Å². The minimum atomic E-state index is -0.229. The Morgan fingerprint density at radius 3 is 3.00 bits per heavy atom. The van der Waals surface area contributed by atoms with Crippen LogP contribution in [0.15, 0.2) is 0 Å². The topological polar surface area (TPSA) is 47.6 Å². The molecule has 1 rings (SSSR count). The average molecular weight is 215 g/mol. The lowest BCUT2D eigenvalue weighted by atomic mass is 9.99. The van der Waals surface area contributed by atoms with E-state index in [2.05, 4.69) is 17.0 Å². The Balaban J connectivity index is 2.27. The van der Waals surface area contributed by atoms with Gasteiger partial charge in [0.1, 0.15) is 6.04 Å². The third kappa shape index (κ3) is 3.47. The highest BCUT2D eigenvalue weighted by Crippen LogP contribution is 2.22. The Morgan fingerprint density at radius 1 is 1.67 bits per heavy atom. The van der Waals surface area contributed by atoms with E-state index in [0.29, 0.717) is 12.0 Å². The van der Waals surface area contributed by atoms with Gasteiger partial charge in [0.15, 0.2) is 0 Å². The van der Waals surface area contributed by atoms with Gasteiger partial charge in [-0.3, -0.25) is 4.79 Å². The van der Waals surface area contributed by atoms with Gasteiger partial charge < -0.3 is 14.8 Å². The summed E-state index contributed by atoms with van der Waals surface area (Å²) in [6.07, 6.45) is 2.47. The first-order chi connectivity index (χ1) is 7.19. The lowest BCUT2D eigenvalue weighted by molar-refractivity contribution is -0.142. The summed E-state index contributed by atoms with van der Waals surface area (Å²) >= 11 is 0. The SMILES string of the molecule is CCC1OCCC1CNC(C)C(=O)OC. The van der Waals surface area contributed by atoms with Crippen LogP contribution in [-0.2, 0) is 14.3 Å². The van der Waals surface area contributed by atoms with E-state index < -0.39 is 0 Å². The summed E-state index contributed by atoms with van der Waals surface area (Å²) in [7, 11) is 1.41. The third-order valence-electron chi connectivity index (χ3n) is 2.99. The number of hydrogen-bond donors (Lipinski definition) is 1. The molecule has 1 aliphatic rings. The zero-order valence-electron chi connectivity index (χ0n) is 9.79. The third-order valence-corrected chi connectivity index (χ3v) is 2.99. The number of ether oxygens (including phenoxy) is 2. The van der Waals surface area contributed by atoms with Crippen LogP contribution in [0.3, 0.4) is 0 Å². The van der Waals surface area contributed by atoms with E-state index >= 15 is 0 Å². The Hall–Kier alpha value is -0.610. The highest BCUT2D eigenvalue weighted by molar-refractivity contribution is 5.75. The zero-order chi connectivity index (χ0) is 11.3. The van der Waals surface area contributed by atoms with Gasteiger partial charge in [-0.2, -0.15) is 0 Å². The van der Waals surface area contributed by atoms with Crippen LogP contribution >= 0.6 is 0 Å². The van der Waals surface area contributed by atoms with Crippen molar-refractivity contribution in [3.8, 4) is 0 Å². The van der Waals surface area contributed by atoms with Gasteiger partial charge in [-0.1, -0.05) is 6.92 Å². The van der Waals surface area contributed by atoms with Gasteiger partial charge in [0.2, 0.25) is 0 Å². The molecule has 0 saturated carbocycles. The number of methoxy groups -OCH3 is 1. The number of esters is 1. The average Bonchev–Trinajstić information content (AvgIpc) is 2.71. The van der Waals surface area contributed by atoms with Crippen LogP contribution in [-0.4, -0.2) is 38.4 Å². The molecule has 0 aromatic carbocycles. The van der Waals surface area contributed by atoms with Crippen LogP contribution < -0.4 is 5.32 Å². The van der Waals surface area contributed by atoms with Crippen LogP contribution in [0, 0.1) is 5.92 Å². The van der Waals surface area contributed by atoms with Crippen molar-refractivity contribution in [1.82, 2.24) is 5.32 Å². The summed E-state index contributed by atoms with van der Waals surface area (Å²) < 4.78 is 10.2. The largest absolute Gasteiger partial charge is 0.468 e. The molecule has 88 valence electrons. The molecule has 0 aromatic rings. The molecule has 0 aliphatic carbocycles. The Bertz CT molecular complexity index is 208. The van der Waals surface area contributed by atoms with Crippen molar-refractivity contribution in [1.29, 1.82) is 0 Å². The predicted octanol–water partition coefficient (Wildman–Crippen LogP) is 0.953. The smallest absolute Gasteiger partial charge is 0.322 e. The van der Waals surface area contributed by atoms with E-state index in [1.54, 1.807) is 0 Å². The quantitative estimate of drug-likeness (QED) is 0.694. The van der Waals surface area contributed by atoms with E-state index in [-0.39, 0.29) is 12.0 Å². The fourth-order valence-electron chi connectivity index (χ4n) is 1.97. The predicted molar refractivity (Wildman–Crippen MR) is 57.6 cm³/mol. The normalized spacial score (nSPS) is 27.7. The van der Waals surface area contributed by atoms with Crippen LogP contribution in [0.4, 0.5) is 0 Å². The van der Waals surface area contributed by atoms with Crippen LogP contribution in [0.5, 0.6) is 0 Å². The highest BCUT2D eigenvalue weighted by Gasteiger charge is 2.27. The first-order valence-electron chi connectivity index (χ1n) is 5.61. The van der Waals surface area contributed by atoms with Crippen molar-refractivity contribution in [2.45, 2.75) is 38.8 Å². The second-order valence-electron chi connectivity index (χ2n) is 4.02. The van der Waals surface area contributed by atoms with Crippen molar-refractivity contribution in [2.75, 3.05) is 20.3 Å². The molecule has 15 heavy (non-hydrogen) atoms. The van der Waals surface area contributed by atoms with Gasteiger partial charge in [0.05, 0.1) is 13.2 Å². The highest BCUT2D eigenvalue weighted by atomic mass is 16.5. The number of hydrogen-bond acceptors (Lipinski definition) is 4. The van der Waals surface area contributed by atoms with E-state index in [0.717, 1.165) is 26.0 Å². The van der Waals surface area contributed by atoms with Gasteiger partial charge >= 0.3 is 5.97 Å². The van der Waals surface area contributed by atoms with Crippen molar-refractivity contribution in [3.63, 3.8) is 0 Å². The van der Waals surface area contributed by atoms with Crippen molar-refractivity contribution >= 4 is 5.97 Å². The Labute approximate surface area is 91.3 Å². The van der Waals surface area contributed by atoms with Gasteiger partial charge in [-0.15, -0.1) is 0 Å². The van der Waals surface area contributed by atoms with Crippen LogP contribution in [0.2, 0.25) is 0 Å². The molecule has 1 fully saturated rings. The molecule has 1 heterocycles. The number of carbonyl (C=O) groups is 1. The van der Waals surface area contributed by atoms with E-state index in [1.165, 1.54) is 7.11 Å². The van der Waals surface area contributed by atoms with E-state index in [4.69, 9.17) is 4.74 Å². The monoisotopic (exact) mass is 215 g/mol. The summed E-state index contributed by atoms with van der Waals surface area (Å²) in [6, 6.07) is -0.229. The summed E-state index contributed by atoms with van der Waals surface area (Å²) in [4.78, 5) is 11.2. The van der Waals surface area contributed by atoms with Crippen molar-refractivity contribution in [2.24, 2.45) is 5.92 Å². The van der Waals surface area contributed by atoms with Crippen LogP contribution in [0.25, 0.3) is 0 Å². The first-order valence-corrected chi connectivity index (χ1v) is 5.61. The van der Waals surface area contributed by atoms with Crippen LogP contribution in [0.1, 0.15) is 26.7 Å². The molecule has 3 atom stereocenters. The molecule has 0 radical (unpaired) electrons. The molecule has 0 amide bonds. The van der Waals surface area contributed by atoms with Crippen molar-refractivity contribution in [3.05, 3.63) is 0 Å². The lowest BCUT2D eigenvalue weighted by Crippen LogP contribution is -2.39. The Morgan fingerprint density at radius 2 is 2.40 bits per heavy atom. The first kappa shape index (κ1) is 12.5. The minimum absolute atomic E-state index is 0.207. The standard InChI is InChI=1S/C11H21NO3/c1-4-10-9(5-6-15-10)7-12-8(2)11(13)14-3/h8-10,12H,4-7H2,1-3H3. The number of nitrogens with one attached hydrogen (secondary N) is 1. The number of rotatable bonds is 5. The molecule has 1 saturated heterocycles. The molecular weight excluding hydrogens is 194 g/mol. The van der Waals surface area contributed by atoms with Gasteiger partial charge in [0, 0.05) is 13.2 Å². The summed E-state index contributed by atoms with van der Waals surface area (Å²) in [5.41, 5.74) is 0. The zero-order valence-corrected chi connectivity index (χ0v) is 9.79. The second kappa shape index (κ2) is 6.08. The summed E-state index contributed by atoms with van der Waals surface area (Å²) in [6.45, 7) is 5.63. The minimum Gasteiger partial charge on any atom is -0.468 e. The molecule has 4 heteroatoms. The fourth-order valence-corrected chi connectivity index (χ4v) is 1.97. The number of carbonyl (C=O) groups excluding carboxylic acids is 1. The molecule has 1 aliphatic heterocycles. The lowest BCUT2D eigenvalue weighted by Gasteiger charge is -2.19. The van der Waals surface area contributed by atoms with E-state index in [1.807, 2.05) is 6.92 Å². The Kier molecular flexibility index (Phi) is 5.05.